The van der Waals surface area contributed by atoms with Gasteiger partial charge in [0, 0.05) is 18.6 Å². The molecule has 0 aromatic rings. The van der Waals surface area contributed by atoms with Crippen molar-refractivity contribution >= 4 is 6.09 Å². The van der Waals surface area contributed by atoms with Crippen LogP contribution in [0.15, 0.2) is 0 Å². The Morgan fingerprint density at radius 1 is 1.41 bits per heavy atom. The van der Waals surface area contributed by atoms with Crippen LogP contribution in [0.3, 0.4) is 0 Å². The Hall–Kier alpha value is -0.770. The number of ether oxygens (including phenoxy) is 1. The van der Waals surface area contributed by atoms with Crippen molar-refractivity contribution in [1.29, 1.82) is 0 Å². The fraction of sp³-hybridized carbons (Fsp3) is 0.923. The molecule has 0 radical (unpaired) electrons. The van der Waals surface area contributed by atoms with Crippen LogP contribution >= 0.6 is 0 Å². The number of piperidine rings is 1. The molecule has 17 heavy (non-hydrogen) atoms. The van der Waals surface area contributed by atoms with Crippen molar-refractivity contribution in [2.75, 3.05) is 6.54 Å². The van der Waals surface area contributed by atoms with E-state index in [0.29, 0.717) is 12.5 Å². The second kappa shape index (κ2) is 5.25. The largest absolute Gasteiger partial charge is 0.444 e. The van der Waals surface area contributed by atoms with E-state index in [-0.39, 0.29) is 18.2 Å². The average Bonchev–Trinajstić information content (AvgIpc) is 2.14. The quantitative estimate of drug-likeness (QED) is 0.768. The highest BCUT2D eigenvalue weighted by atomic mass is 16.6. The van der Waals surface area contributed by atoms with E-state index in [1.807, 2.05) is 32.6 Å². The number of nitrogens with two attached hydrogens (primary N) is 1. The Labute approximate surface area is 104 Å². The molecule has 1 aliphatic rings. The first-order valence-electron chi connectivity index (χ1n) is 6.46. The second-order valence-corrected chi connectivity index (χ2v) is 6.18. The summed E-state index contributed by atoms with van der Waals surface area (Å²) in [6, 6.07) is 0.382. The maximum absolute atomic E-state index is 12.1. The molecule has 1 saturated heterocycles. The third-order valence-electron chi connectivity index (χ3n) is 3.29. The van der Waals surface area contributed by atoms with E-state index in [4.69, 9.17) is 10.5 Å². The SMILES string of the molecule is CC(N)C1CCC(C)N(C(=O)OC(C)(C)C)C1. The zero-order valence-corrected chi connectivity index (χ0v) is 11.7. The van der Waals surface area contributed by atoms with E-state index >= 15 is 0 Å². The van der Waals surface area contributed by atoms with Crippen LogP contribution in [0.4, 0.5) is 4.79 Å². The highest BCUT2D eigenvalue weighted by molar-refractivity contribution is 5.68. The zero-order chi connectivity index (χ0) is 13.2. The minimum absolute atomic E-state index is 0.132. The molecule has 2 N–H and O–H groups in total. The van der Waals surface area contributed by atoms with Gasteiger partial charge < -0.3 is 15.4 Å². The number of nitrogens with zero attached hydrogens (tertiary/aromatic N) is 1. The molecule has 4 heteroatoms. The van der Waals surface area contributed by atoms with Crippen LogP contribution in [-0.2, 0) is 4.74 Å². The summed E-state index contributed by atoms with van der Waals surface area (Å²) >= 11 is 0. The molecule has 0 spiro atoms. The van der Waals surface area contributed by atoms with Gasteiger partial charge >= 0.3 is 6.09 Å². The van der Waals surface area contributed by atoms with Gasteiger partial charge in [-0.05, 0) is 53.4 Å². The summed E-state index contributed by atoms with van der Waals surface area (Å²) < 4.78 is 5.42. The number of carbonyl (C=O) groups is 1. The van der Waals surface area contributed by atoms with Crippen LogP contribution in [0.25, 0.3) is 0 Å². The van der Waals surface area contributed by atoms with Crippen molar-refractivity contribution in [2.24, 2.45) is 11.7 Å². The summed E-state index contributed by atoms with van der Waals surface area (Å²) in [4.78, 5) is 13.9. The number of carbonyl (C=O) groups excluding carboxylic acids is 1. The van der Waals surface area contributed by atoms with Gasteiger partial charge in [-0.15, -0.1) is 0 Å². The van der Waals surface area contributed by atoms with E-state index in [0.717, 1.165) is 12.8 Å². The van der Waals surface area contributed by atoms with Crippen molar-refractivity contribution in [1.82, 2.24) is 4.90 Å². The van der Waals surface area contributed by atoms with E-state index in [9.17, 15) is 4.79 Å². The molecular formula is C13H26N2O2. The van der Waals surface area contributed by atoms with Gasteiger partial charge in [-0.1, -0.05) is 0 Å². The molecule has 0 aromatic heterocycles. The third kappa shape index (κ3) is 4.19. The molecule has 0 aliphatic carbocycles. The maximum Gasteiger partial charge on any atom is 0.410 e. The van der Waals surface area contributed by atoms with Crippen LogP contribution in [0, 0.1) is 5.92 Å². The summed E-state index contributed by atoms with van der Waals surface area (Å²) in [5.41, 5.74) is 5.49. The van der Waals surface area contributed by atoms with Gasteiger partial charge in [0.05, 0.1) is 0 Å². The summed E-state index contributed by atoms with van der Waals surface area (Å²) in [7, 11) is 0. The van der Waals surface area contributed by atoms with Gasteiger partial charge in [-0.25, -0.2) is 4.79 Å². The van der Waals surface area contributed by atoms with Crippen LogP contribution in [0.1, 0.15) is 47.5 Å². The summed E-state index contributed by atoms with van der Waals surface area (Å²) in [5, 5.41) is 0. The van der Waals surface area contributed by atoms with Crippen LogP contribution < -0.4 is 5.73 Å². The van der Waals surface area contributed by atoms with Gasteiger partial charge in [0.2, 0.25) is 0 Å². The monoisotopic (exact) mass is 242 g/mol. The molecule has 1 aliphatic heterocycles. The first-order valence-corrected chi connectivity index (χ1v) is 6.46. The molecular weight excluding hydrogens is 216 g/mol. The molecule has 3 atom stereocenters. The lowest BCUT2D eigenvalue weighted by molar-refractivity contribution is 0.00412. The Morgan fingerprint density at radius 3 is 2.47 bits per heavy atom. The summed E-state index contributed by atoms with van der Waals surface area (Å²) in [5.74, 6) is 0.388. The van der Waals surface area contributed by atoms with Gasteiger partial charge in [0.25, 0.3) is 0 Å². The minimum atomic E-state index is -0.432. The molecule has 4 nitrogen and oxygen atoms in total. The highest BCUT2D eigenvalue weighted by Crippen LogP contribution is 2.25. The van der Waals surface area contributed by atoms with Crippen molar-refractivity contribution in [3.63, 3.8) is 0 Å². The highest BCUT2D eigenvalue weighted by Gasteiger charge is 2.33. The van der Waals surface area contributed by atoms with Crippen molar-refractivity contribution in [2.45, 2.75) is 65.1 Å². The molecule has 0 aromatic carbocycles. The number of likely N-dealkylation sites (tertiary alicyclic amines) is 1. The van der Waals surface area contributed by atoms with E-state index in [2.05, 4.69) is 6.92 Å². The summed E-state index contributed by atoms with van der Waals surface area (Å²) in [6.45, 7) is 10.5. The smallest absolute Gasteiger partial charge is 0.410 e. The summed E-state index contributed by atoms with van der Waals surface area (Å²) in [6.07, 6.45) is 1.89. The number of hydrogen-bond acceptors (Lipinski definition) is 3. The van der Waals surface area contributed by atoms with Gasteiger partial charge in [-0.2, -0.15) is 0 Å². The first kappa shape index (κ1) is 14.3. The van der Waals surface area contributed by atoms with Crippen LogP contribution in [-0.4, -0.2) is 35.2 Å². The molecule has 1 amide bonds. The molecule has 1 fully saturated rings. The molecule has 1 heterocycles. The molecule has 100 valence electrons. The average molecular weight is 242 g/mol. The third-order valence-corrected chi connectivity index (χ3v) is 3.29. The molecule has 0 saturated carbocycles. The van der Waals surface area contributed by atoms with Crippen LogP contribution in [0.2, 0.25) is 0 Å². The number of rotatable bonds is 1. The maximum atomic E-state index is 12.1. The van der Waals surface area contributed by atoms with Gasteiger partial charge in [0.15, 0.2) is 0 Å². The molecule has 1 rings (SSSR count). The Bertz CT molecular complexity index is 271. The Morgan fingerprint density at radius 2 is 2.00 bits per heavy atom. The van der Waals surface area contributed by atoms with Crippen molar-refractivity contribution < 1.29 is 9.53 Å². The fourth-order valence-corrected chi connectivity index (χ4v) is 2.14. The first-order chi connectivity index (χ1) is 7.70. The number of amides is 1. The Kier molecular flexibility index (Phi) is 4.42. The van der Waals surface area contributed by atoms with Crippen molar-refractivity contribution in [3.05, 3.63) is 0 Å². The van der Waals surface area contributed by atoms with E-state index < -0.39 is 5.60 Å². The zero-order valence-electron chi connectivity index (χ0n) is 11.7. The lowest BCUT2D eigenvalue weighted by atomic mass is 9.89. The molecule has 0 bridgehead atoms. The lowest BCUT2D eigenvalue weighted by Gasteiger charge is -2.39. The minimum Gasteiger partial charge on any atom is -0.444 e. The predicted octanol–water partition coefficient (Wildman–Crippen LogP) is 2.37. The van der Waals surface area contributed by atoms with Gasteiger partial charge in [0.1, 0.15) is 5.60 Å². The van der Waals surface area contributed by atoms with E-state index in [1.54, 1.807) is 0 Å². The molecule has 3 unspecified atom stereocenters. The number of hydrogen-bond donors (Lipinski definition) is 1. The standard InChI is InChI=1S/C13H26N2O2/c1-9-6-7-11(10(2)14)8-15(9)12(16)17-13(3,4)5/h9-11H,6-8,14H2,1-5H3. The topological polar surface area (TPSA) is 55.6 Å². The van der Waals surface area contributed by atoms with Crippen LogP contribution in [0.5, 0.6) is 0 Å². The lowest BCUT2D eigenvalue weighted by Crippen LogP contribution is -2.50. The van der Waals surface area contributed by atoms with E-state index in [1.165, 1.54) is 0 Å². The Balaban J connectivity index is 2.64. The van der Waals surface area contributed by atoms with Crippen molar-refractivity contribution in [3.8, 4) is 0 Å². The second-order valence-electron chi connectivity index (χ2n) is 6.18. The fourth-order valence-electron chi connectivity index (χ4n) is 2.14. The van der Waals surface area contributed by atoms with Gasteiger partial charge in [-0.3, -0.25) is 0 Å². The normalized spacial score (nSPS) is 27.8. The predicted molar refractivity (Wildman–Crippen MR) is 68.8 cm³/mol.